The quantitative estimate of drug-likeness (QED) is 0.184. The number of hydrogen-bond acceptors (Lipinski definition) is 2. The van der Waals surface area contributed by atoms with Crippen LogP contribution < -0.4 is 9.47 Å². The van der Waals surface area contributed by atoms with Crippen LogP contribution in [0, 0.1) is 11.6 Å². The van der Waals surface area contributed by atoms with Gasteiger partial charge in [0.05, 0.1) is 13.2 Å². The molecule has 0 aliphatic rings. The minimum absolute atomic E-state index is 0.241. The third kappa shape index (κ3) is 8.36. The number of rotatable bonds is 16. The monoisotopic (exact) mass is 494 g/mol. The fourth-order valence-electron chi connectivity index (χ4n) is 4.25. The average molecular weight is 495 g/mol. The Morgan fingerprint density at radius 3 is 1.19 bits per heavy atom. The van der Waals surface area contributed by atoms with Crippen LogP contribution in [0.5, 0.6) is 11.5 Å². The molecular weight excluding hydrogens is 454 g/mol. The molecular formula is C32H40F2O2. The summed E-state index contributed by atoms with van der Waals surface area (Å²) in [5.41, 5.74) is 1.72. The molecule has 0 fully saturated rings. The molecule has 0 atom stereocenters. The van der Waals surface area contributed by atoms with E-state index in [4.69, 9.17) is 9.47 Å². The second kappa shape index (κ2) is 15.3. The zero-order valence-corrected chi connectivity index (χ0v) is 21.8. The van der Waals surface area contributed by atoms with Crippen LogP contribution in [0.2, 0.25) is 0 Å². The van der Waals surface area contributed by atoms with E-state index in [1.807, 2.05) is 24.3 Å². The van der Waals surface area contributed by atoms with Crippen molar-refractivity contribution in [3.8, 4) is 33.8 Å². The maximum Gasteiger partial charge on any atom is 0.167 e. The van der Waals surface area contributed by atoms with Crippen LogP contribution in [0.1, 0.15) is 78.1 Å². The van der Waals surface area contributed by atoms with Crippen molar-refractivity contribution in [2.45, 2.75) is 78.1 Å². The summed E-state index contributed by atoms with van der Waals surface area (Å²) in [4.78, 5) is 0. The summed E-state index contributed by atoms with van der Waals surface area (Å²) < 4.78 is 41.6. The lowest BCUT2D eigenvalue weighted by Crippen LogP contribution is -1.98. The third-order valence-corrected chi connectivity index (χ3v) is 6.45. The van der Waals surface area contributed by atoms with Crippen molar-refractivity contribution in [1.82, 2.24) is 0 Å². The molecule has 194 valence electrons. The number of benzene rings is 3. The van der Waals surface area contributed by atoms with E-state index >= 15 is 8.78 Å². The lowest BCUT2D eigenvalue weighted by molar-refractivity contribution is 0.304. The van der Waals surface area contributed by atoms with Gasteiger partial charge in [-0.1, -0.05) is 102 Å². The first-order valence-corrected chi connectivity index (χ1v) is 13.6. The van der Waals surface area contributed by atoms with Crippen LogP contribution in [0.4, 0.5) is 8.78 Å². The Morgan fingerprint density at radius 2 is 0.833 bits per heavy atom. The van der Waals surface area contributed by atoms with Gasteiger partial charge in [0.2, 0.25) is 0 Å². The highest BCUT2D eigenvalue weighted by Crippen LogP contribution is 2.33. The molecule has 36 heavy (non-hydrogen) atoms. The first kappa shape index (κ1) is 27.7. The van der Waals surface area contributed by atoms with Gasteiger partial charge in [0, 0.05) is 11.1 Å². The molecule has 0 aromatic heterocycles. The van der Waals surface area contributed by atoms with E-state index in [0.717, 1.165) is 37.2 Å². The van der Waals surface area contributed by atoms with Gasteiger partial charge in [-0.05, 0) is 48.2 Å². The standard InChI is InChI=1S/C32H40F2O2/c1-3-5-7-9-11-23-35-27-17-13-25(14-18-27)29-21-22-30(32(34)31(29)33)26-15-19-28(20-16-26)36-24-12-10-8-6-4-2/h13-22H,3-12,23-24H2,1-2H3. The Bertz CT molecular complexity index is 945. The second-order valence-electron chi connectivity index (χ2n) is 9.36. The molecule has 0 spiro atoms. The van der Waals surface area contributed by atoms with Gasteiger partial charge in [-0.3, -0.25) is 0 Å². The number of ether oxygens (including phenoxy) is 2. The maximum atomic E-state index is 15.0. The van der Waals surface area contributed by atoms with Gasteiger partial charge < -0.3 is 9.47 Å². The van der Waals surface area contributed by atoms with Crippen LogP contribution in [0.25, 0.3) is 22.3 Å². The first-order valence-electron chi connectivity index (χ1n) is 13.6. The molecule has 0 radical (unpaired) electrons. The van der Waals surface area contributed by atoms with E-state index in [9.17, 15) is 0 Å². The van der Waals surface area contributed by atoms with Crippen molar-refractivity contribution in [3.05, 3.63) is 72.3 Å². The van der Waals surface area contributed by atoms with Crippen LogP contribution in [-0.4, -0.2) is 13.2 Å². The lowest BCUT2D eigenvalue weighted by atomic mass is 9.98. The minimum Gasteiger partial charge on any atom is -0.494 e. The van der Waals surface area contributed by atoms with Gasteiger partial charge in [0.25, 0.3) is 0 Å². The van der Waals surface area contributed by atoms with E-state index in [1.54, 1.807) is 36.4 Å². The summed E-state index contributed by atoms with van der Waals surface area (Å²) in [5.74, 6) is -0.195. The molecule has 0 saturated carbocycles. The predicted octanol–water partition coefficient (Wildman–Crippen LogP) is 10.00. The van der Waals surface area contributed by atoms with Crippen molar-refractivity contribution in [2.75, 3.05) is 13.2 Å². The van der Waals surface area contributed by atoms with Crippen molar-refractivity contribution < 1.29 is 18.3 Å². The van der Waals surface area contributed by atoms with Crippen LogP contribution in [-0.2, 0) is 0 Å². The van der Waals surface area contributed by atoms with Crippen LogP contribution in [0.3, 0.4) is 0 Å². The zero-order valence-electron chi connectivity index (χ0n) is 21.8. The van der Waals surface area contributed by atoms with Gasteiger partial charge in [0.15, 0.2) is 11.6 Å². The molecule has 0 N–H and O–H groups in total. The second-order valence-corrected chi connectivity index (χ2v) is 9.36. The third-order valence-electron chi connectivity index (χ3n) is 6.45. The molecule has 0 saturated heterocycles. The fourth-order valence-corrected chi connectivity index (χ4v) is 4.25. The molecule has 0 aliphatic heterocycles. The van der Waals surface area contributed by atoms with E-state index in [-0.39, 0.29) is 11.1 Å². The summed E-state index contributed by atoms with van der Waals surface area (Å²) >= 11 is 0. The minimum atomic E-state index is -0.843. The number of hydrogen-bond donors (Lipinski definition) is 0. The molecule has 0 aliphatic carbocycles. The molecule has 3 aromatic rings. The average Bonchev–Trinajstić information content (AvgIpc) is 2.91. The normalized spacial score (nSPS) is 11.0. The Morgan fingerprint density at radius 1 is 0.472 bits per heavy atom. The highest BCUT2D eigenvalue weighted by Gasteiger charge is 2.16. The van der Waals surface area contributed by atoms with Gasteiger partial charge in [-0.2, -0.15) is 0 Å². The summed E-state index contributed by atoms with van der Waals surface area (Å²) in [6.07, 6.45) is 11.8. The molecule has 0 unspecified atom stereocenters. The fraction of sp³-hybridized carbons (Fsp3) is 0.438. The number of unbranched alkanes of at least 4 members (excludes halogenated alkanes) is 8. The molecule has 3 rings (SSSR count). The molecule has 0 bridgehead atoms. The Labute approximate surface area is 215 Å². The summed E-state index contributed by atoms with van der Waals surface area (Å²) in [7, 11) is 0. The van der Waals surface area contributed by atoms with Crippen molar-refractivity contribution in [3.63, 3.8) is 0 Å². The molecule has 3 aromatic carbocycles. The van der Waals surface area contributed by atoms with Gasteiger partial charge >= 0.3 is 0 Å². The lowest BCUT2D eigenvalue weighted by Gasteiger charge is -2.11. The molecule has 0 heterocycles. The van der Waals surface area contributed by atoms with E-state index in [1.165, 1.54) is 38.5 Å². The molecule has 2 nitrogen and oxygen atoms in total. The molecule has 4 heteroatoms. The largest absolute Gasteiger partial charge is 0.494 e. The topological polar surface area (TPSA) is 18.5 Å². The Kier molecular flexibility index (Phi) is 11.8. The smallest absolute Gasteiger partial charge is 0.167 e. The van der Waals surface area contributed by atoms with Gasteiger partial charge in [-0.15, -0.1) is 0 Å². The van der Waals surface area contributed by atoms with Crippen LogP contribution >= 0.6 is 0 Å². The van der Waals surface area contributed by atoms with Crippen molar-refractivity contribution in [1.29, 1.82) is 0 Å². The first-order chi connectivity index (χ1) is 17.6. The number of halogens is 2. The summed E-state index contributed by atoms with van der Waals surface area (Å²) in [6.45, 7) is 5.74. The summed E-state index contributed by atoms with van der Waals surface area (Å²) in [5, 5.41) is 0. The van der Waals surface area contributed by atoms with Crippen molar-refractivity contribution in [2.24, 2.45) is 0 Å². The summed E-state index contributed by atoms with van der Waals surface area (Å²) in [6, 6.07) is 17.6. The maximum absolute atomic E-state index is 15.0. The highest BCUT2D eigenvalue weighted by atomic mass is 19.2. The van der Waals surface area contributed by atoms with Gasteiger partial charge in [-0.25, -0.2) is 8.78 Å². The Balaban J connectivity index is 1.57. The Hall–Kier alpha value is -2.88. The van der Waals surface area contributed by atoms with E-state index in [2.05, 4.69) is 13.8 Å². The predicted molar refractivity (Wildman–Crippen MR) is 146 cm³/mol. The highest BCUT2D eigenvalue weighted by molar-refractivity contribution is 5.72. The van der Waals surface area contributed by atoms with Gasteiger partial charge in [0.1, 0.15) is 11.5 Å². The van der Waals surface area contributed by atoms with E-state index in [0.29, 0.717) is 24.3 Å². The SMILES string of the molecule is CCCCCCCOc1ccc(-c2ccc(-c3ccc(OCCCCCCC)cc3)c(F)c2F)cc1. The zero-order chi connectivity index (χ0) is 25.6. The molecule has 0 amide bonds. The van der Waals surface area contributed by atoms with E-state index < -0.39 is 11.6 Å². The van der Waals surface area contributed by atoms with Crippen LogP contribution in [0.15, 0.2) is 60.7 Å². The van der Waals surface area contributed by atoms with Crippen molar-refractivity contribution >= 4 is 0 Å².